The number of carbonyl (C=O) groups excluding carboxylic acids is 3. The Morgan fingerprint density at radius 3 is 1.07 bits per heavy atom. The lowest BCUT2D eigenvalue weighted by Gasteiger charge is -2.18. The van der Waals surface area contributed by atoms with Crippen LogP contribution in [0.3, 0.4) is 0 Å². The molecule has 6 nitrogen and oxygen atoms in total. The van der Waals surface area contributed by atoms with Gasteiger partial charge in [0.25, 0.3) is 0 Å². The number of allylic oxidation sites excluding steroid dienone is 8. The number of ether oxygens (including phenoxy) is 3. The van der Waals surface area contributed by atoms with E-state index in [9.17, 15) is 14.4 Å². The van der Waals surface area contributed by atoms with Gasteiger partial charge in [-0.1, -0.05) is 198 Å². The first-order valence-corrected chi connectivity index (χ1v) is 25.6. The fourth-order valence-corrected chi connectivity index (χ4v) is 7.16. The molecule has 0 amide bonds. The standard InChI is InChI=1S/C54H96O6/c1-4-7-10-13-16-19-22-24-26-27-28-30-32-35-38-41-44-47-53(56)59-50-51(49-58-52(55)46-43-40-37-34-31-21-18-15-12-9-6-3)60-54(57)48-45-42-39-36-33-29-25-23-20-17-14-11-8-5-2/h8,11,15,17-18,20,24,26,51H,4-7,9-10,12-14,16,19,21-23,25,27-50H2,1-3H3/b11-8-,18-15-,20-17-,26-24-. The number of carbonyl (C=O) groups is 3. The molecule has 0 saturated heterocycles. The summed E-state index contributed by atoms with van der Waals surface area (Å²) in [5, 5.41) is 0. The zero-order valence-electron chi connectivity index (χ0n) is 39.7. The zero-order valence-corrected chi connectivity index (χ0v) is 39.7. The Morgan fingerprint density at radius 2 is 0.667 bits per heavy atom. The second kappa shape index (κ2) is 49.0. The third-order valence-corrected chi connectivity index (χ3v) is 11.0. The Hall–Kier alpha value is -2.63. The summed E-state index contributed by atoms with van der Waals surface area (Å²) < 4.78 is 16.8. The van der Waals surface area contributed by atoms with Gasteiger partial charge in [-0.05, 0) is 89.9 Å². The number of hydrogen-bond donors (Lipinski definition) is 0. The lowest BCUT2D eigenvalue weighted by atomic mass is 10.1. The van der Waals surface area contributed by atoms with E-state index in [0.717, 1.165) is 83.5 Å². The highest BCUT2D eigenvalue weighted by molar-refractivity contribution is 5.71. The van der Waals surface area contributed by atoms with E-state index in [1.54, 1.807) is 0 Å². The molecule has 1 unspecified atom stereocenters. The highest BCUT2D eigenvalue weighted by atomic mass is 16.6. The van der Waals surface area contributed by atoms with E-state index in [4.69, 9.17) is 14.2 Å². The van der Waals surface area contributed by atoms with Crippen molar-refractivity contribution in [3.63, 3.8) is 0 Å². The van der Waals surface area contributed by atoms with Gasteiger partial charge in [-0.15, -0.1) is 0 Å². The van der Waals surface area contributed by atoms with E-state index in [1.807, 2.05) is 0 Å². The van der Waals surface area contributed by atoms with Gasteiger partial charge in [0.1, 0.15) is 13.2 Å². The molecule has 0 saturated carbocycles. The minimum absolute atomic E-state index is 0.0806. The lowest BCUT2D eigenvalue weighted by molar-refractivity contribution is -0.167. The molecule has 1 atom stereocenters. The minimum atomic E-state index is -0.780. The topological polar surface area (TPSA) is 78.9 Å². The number of esters is 3. The van der Waals surface area contributed by atoms with Crippen LogP contribution in [0, 0.1) is 0 Å². The molecule has 0 spiro atoms. The van der Waals surface area contributed by atoms with Gasteiger partial charge < -0.3 is 14.2 Å². The molecule has 0 aliphatic carbocycles. The van der Waals surface area contributed by atoms with Crippen molar-refractivity contribution in [2.75, 3.05) is 13.2 Å². The molecule has 0 aliphatic heterocycles. The third kappa shape index (κ3) is 46.4. The van der Waals surface area contributed by atoms with Gasteiger partial charge in [0, 0.05) is 19.3 Å². The van der Waals surface area contributed by atoms with E-state index in [1.165, 1.54) is 135 Å². The first-order chi connectivity index (χ1) is 29.5. The maximum Gasteiger partial charge on any atom is 0.306 e. The van der Waals surface area contributed by atoms with Gasteiger partial charge in [-0.3, -0.25) is 14.4 Å². The summed E-state index contributed by atoms with van der Waals surface area (Å²) in [6.45, 7) is 6.48. The lowest BCUT2D eigenvalue weighted by Crippen LogP contribution is -2.30. The summed E-state index contributed by atoms with van der Waals surface area (Å²) >= 11 is 0. The third-order valence-electron chi connectivity index (χ3n) is 11.0. The van der Waals surface area contributed by atoms with Crippen LogP contribution in [-0.2, 0) is 28.6 Å². The van der Waals surface area contributed by atoms with E-state index in [-0.39, 0.29) is 31.1 Å². The van der Waals surface area contributed by atoms with Crippen molar-refractivity contribution >= 4 is 17.9 Å². The maximum absolute atomic E-state index is 12.8. The molecule has 0 aromatic rings. The Balaban J connectivity index is 4.36. The molecule has 0 rings (SSSR count). The van der Waals surface area contributed by atoms with Crippen molar-refractivity contribution in [1.82, 2.24) is 0 Å². The summed E-state index contributed by atoms with van der Waals surface area (Å²) in [7, 11) is 0. The van der Waals surface area contributed by atoms with Crippen LogP contribution in [0.2, 0.25) is 0 Å². The molecule has 0 aromatic heterocycles. The first-order valence-electron chi connectivity index (χ1n) is 25.6. The fraction of sp³-hybridized carbons (Fsp3) is 0.796. The van der Waals surface area contributed by atoms with E-state index in [0.29, 0.717) is 19.3 Å². The van der Waals surface area contributed by atoms with Crippen molar-refractivity contribution in [2.24, 2.45) is 0 Å². The molecule has 0 bridgehead atoms. The van der Waals surface area contributed by atoms with E-state index < -0.39 is 6.10 Å². The Morgan fingerprint density at radius 1 is 0.350 bits per heavy atom. The fourth-order valence-electron chi connectivity index (χ4n) is 7.16. The predicted octanol–water partition coefficient (Wildman–Crippen LogP) is 16.7. The van der Waals surface area contributed by atoms with E-state index in [2.05, 4.69) is 69.4 Å². The van der Waals surface area contributed by atoms with Crippen LogP contribution in [0.15, 0.2) is 48.6 Å². The Labute approximate surface area is 371 Å². The van der Waals surface area contributed by atoms with Crippen molar-refractivity contribution in [2.45, 2.75) is 264 Å². The average Bonchev–Trinajstić information content (AvgIpc) is 3.24. The number of hydrogen-bond acceptors (Lipinski definition) is 6. The number of unbranched alkanes of at least 4 members (excludes halogenated alkanes) is 27. The minimum Gasteiger partial charge on any atom is -0.462 e. The largest absolute Gasteiger partial charge is 0.462 e. The maximum atomic E-state index is 12.8. The Kier molecular flexibility index (Phi) is 46.9. The van der Waals surface area contributed by atoms with Gasteiger partial charge in [0.15, 0.2) is 6.10 Å². The molecule has 348 valence electrons. The van der Waals surface area contributed by atoms with Crippen LogP contribution in [-0.4, -0.2) is 37.2 Å². The second-order valence-electron chi connectivity index (χ2n) is 17.0. The monoisotopic (exact) mass is 841 g/mol. The van der Waals surface area contributed by atoms with Crippen LogP contribution in [0.25, 0.3) is 0 Å². The highest BCUT2D eigenvalue weighted by Gasteiger charge is 2.19. The van der Waals surface area contributed by atoms with Crippen LogP contribution in [0.4, 0.5) is 0 Å². The molecular formula is C54H96O6. The summed E-state index contributed by atoms with van der Waals surface area (Å²) in [5.41, 5.74) is 0. The van der Waals surface area contributed by atoms with Crippen LogP contribution in [0.1, 0.15) is 258 Å². The highest BCUT2D eigenvalue weighted by Crippen LogP contribution is 2.15. The van der Waals surface area contributed by atoms with Crippen molar-refractivity contribution in [3.05, 3.63) is 48.6 Å². The van der Waals surface area contributed by atoms with Gasteiger partial charge >= 0.3 is 17.9 Å². The predicted molar refractivity (Wildman–Crippen MR) is 256 cm³/mol. The van der Waals surface area contributed by atoms with Crippen LogP contribution in [0.5, 0.6) is 0 Å². The average molecular weight is 841 g/mol. The van der Waals surface area contributed by atoms with Crippen molar-refractivity contribution < 1.29 is 28.6 Å². The molecule has 0 fully saturated rings. The van der Waals surface area contributed by atoms with Gasteiger partial charge in [-0.2, -0.15) is 0 Å². The summed E-state index contributed by atoms with van der Waals surface area (Å²) in [6.07, 6.45) is 58.1. The summed E-state index contributed by atoms with van der Waals surface area (Å²) in [4.78, 5) is 37.9. The molecular weight excluding hydrogens is 745 g/mol. The number of rotatable bonds is 46. The molecule has 0 radical (unpaired) electrons. The van der Waals surface area contributed by atoms with Gasteiger partial charge in [0.2, 0.25) is 0 Å². The molecule has 0 N–H and O–H groups in total. The quantitative estimate of drug-likeness (QED) is 0.0263. The van der Waals surface area contributed by atoms with E-state index >= 15 is 0 Å². The summed E-state index contributed by atoms with van der Waals surface area (Å²) in [5.74, 6) is -0.898. The first kappa shape index (κ1) is 57.4. The van der Waals surface area contributed by atoms with Crippen LogP contribution >= 0.6 is 0 Å². The van der Waals surface area contributed by atoms with Crippen molar-refractivity contribution in [1.29, 1.82) is 0 Å². The smallest absolute Gasteiger partial charge is 0.306 e. The molecule has 0 aromatic carbocycles. The SMILES string of the molecule is CC/C=C\C/C=C\CCCCCCCCCC(=O)OC(COC(=O)CCCCCCC/C=C\CCCC)COC(=O)CCCCCCCCC/C=C\CCCCCCCC. The molecule has 6 heteroatoms. The normalized spacial score (nSPS) is 12.4. The molecule has 0 heterocycles. The zero-order chi connectivity index (χ0) is 43.7. The second-order valence-corrected chi connectivity index (χ2v) is 17.0. The Bertz CT molecular complexity index is 1060. The van der Waals surface area contributed by atoms with Crippen molar-refractivity contribution in [3.8, 4) is 0 Å². The summed E-state index contributed by atoms with van der Waals surface area (Å²) in [6, 6.07) is 0. The van der Waals surface area contributed by atoms with Crippen LogP contribution < -0.4 is 0 Å². The molecule has 60 heavy (non-hydrogen) atoms. The van der Waals surface area contributed by atoms with Gasteiger partial charge in [-0.25, -0.2) is 0 Å². The van der Waals surface area contributed by atoms with Gasteiger partial charge in [0.05, 0.1) is 0 Å². The molecule has 0 aliphatic rings.